The van der Waals surface area contributed by atoms with Crippen molar-refractivity contribution >= 4 is 19.4 Å². The molecule has 1 aliphatic heterocycles. The van der Waals surface area contributed by atoms with Crippen molar-refractivity contribution in [2.45, 2.75) is 20.5 Å². The van der Waals surface area contributed by atoms with Crippen LogP contribution in [0.1, 0.15) is 17.0 Å². The highest BCUT2D eigenvalue weighted by Crippen LogP contribution is 2.54. The third-order valence-corrected chi connectivity index (χ3v) is 4.71. The highest BCUT2D eigenvalue weighted by molar-refractivity contribution is 7.49. The minimum atomic E-state index is -3.70. The lowest BCUT2D eigenvalue weighted by molar-refractivity contribution is 0.178. The molecular formula is C14H13ClNO4P. The van der Waals surface area contributed by atoms with Gasteiger partial charge in [-0.1, -0.05) is 11.6 Å². The van der Waals surface area contributed by atoms with E-state index in [9.17, 15) is 4.57 Å². The van der Waals surface area contributed by atoms with Gasteiger partial charge in [0.1, 0.15) is 18.1 Å². The van der Waals surface area contributed by atoms with Crippen molar-refractivity contribution in [3.8, 4) is 11.5 Å². The maximum absolute atomic E-state index is 12.5. The maximum Gasteiger partial charge on any atom is 0.588 e. The van der Waals surface area contributed by atoms with E-state index in [1.54, 1.807) is 30.3 Å². The Morgan fingerprint density at radius 2 is 2.10 bits per heavy atom. The fourth-order valence-electron chi connectivity index (χ4n) is 1.92. The van der Waals surface area contributed by atoms with Crippen molar-refractivity contribution in [3.05, 3.63) is 52.3 Å². The molecule has 1 unspecified atom stereocenters. The SMILES string of the molecule is Cc1ccc2c(n1)COP(=O)(Oc1ccc(Cl)c(C)c1)O2. The molecule has 0 N–H and O–H groups in total. The monoisotopic (exact) mass is 325 g/mol. The highest BCUT2D eigenvalue weighted by atomic mass is 35.5. The molecule has 0 fully saturated rings. The van der Waals surface area contributed by atoms with Crippen LogP contribution in [0, 0.1) is 13.8 Å². The lowest BCUT2D eigenvalue weighted by Crippen LogP contribution is -2.13. The summed E-state index contributed by atoms with van der Waals surface area (Å²) in [6.07, 6.45) is 0. The number of pyridine rings is 1. The lowest BCUT2D eigenvalue weighted by Gasteiger charge is -2.24. The number of aryl methyl sites for hydroxylation is 2. The Morgan fingerprint density at radius 1 is 1.29 bits per heavy atom. The molecule has 0 radical (unpaired) electrons. The Morgan fingerprint density at radius 3 is 2.86 bits per heavy atom. The van der Waals surface area contributed by atoms with Gasteiger partial charge in [0, 0.05) is 10.7 Å². The topological polar surface area (TPSA) is 57.7 Å². The predicted octanol–water partition coefficient (Wildman–Crippen LogP) is 4.45. The molecule has 1 aromatic heterocycles. The second-order valence-corrected chi connectivity index (χ2v) is 6.64. The summed E-state index contributed by atoms with van der Waals surface area (Å²) in [4.78, 5) is 4.27. The number of hydrogen-bond donors (Lipinski definition) is 0. The first-order chi connectivity index (χ1) is 9.95. The van der Waals surface area contributed by atoms with Crippen LogP contribution in [-0.2, 0) is 15.7 Å². The van der Waals surface area contributed by atoms with Crippen LogP contribution in [0.25, 0.3) is 0 Å². The van der Waals surface area contributed by atoms with E-state index in [1.165, 1.54) is 0 Å². The van der Waals surface area contributed by atoms with Crippen molar-refractivity contribution in [1.82, 2.24) is 4.98 Å². The summed E-state index contributed by atoms with van der Waals surface area (Å²) in [7, 11) is -3.70. The van der Waals surface area contributed by atoms with Crippen LogP contribution in [-0.4, -0.2) is 4.98 Å². The molecule has 7 heteroatoms. The van der Waals surface area contributed by atoms with Crippen LogP contribution in [0.4, 0.5) is 0 Å². The Balaban J connectivity index is 1.84. The van der Waals surface area contributed by atoms with Crippen LogP contribution in [0.3, 0.4) is 0 Å². The average molecular weight is 326 g/mol. The van der Waals surface area contributed by atoms with Crippen molar-refractivity contribution in [2.75, 3.05) is 0 Å². The minimum absolute atomic E-state index is 0.0842. The van der Waals surface area contributed by atoms with E-state index >= 15 is 0 Å². The standard InChI is InChI=1S/C14H13ClNO4P/c1-9-7-11(4-5-12(9)15)19-21(17)18-8-13-14(20-21)6-3-10(2)16-13/h3-7H,8H2,1-2H3. The molecule has 2 heterocycles. The van der Waals surface area contributed by atoms with E-state index in [0.717, 1.165) is 11.3 Å². The first kappa shape index (κ1) is 14.4. The largest absolute Gasteiger partial charge is 0.588 e. The zero-order valence-electron chi connectivity index (χ0n) is 11.5. The second kappa shape index (κ2) is 5.34. The molecule has 2 aromatic rings. The average Bonchev–Trinajstić information content (AvgIpc) is 2.43. The summed E-state index contributed by atoms with van der Waals surface area (Å²) in [5.41, 5.74) is 2.26. The van der Waals surface area contributed by atoms with Gasteiger partial charge in [-0.2, -0.15) is 0 Å². The fraction of sp³-hybridized carbons (Fsp3) is 0.214. The summed E-state index contributed by atoms with van der Waals surface area (Å²) in [6.45, 7) is 3.78. The number of benzene rings is 1. The Labute approximate surface area is 127 Å². The van der Waals surface area contributed by atoms with Gasteiger partial charge in [0.15, 0.2) is 5.75 Å². The molecule has 0 amide bonds. The molecule has 1 aliphatic rings. The molecule has 0 saturated heterocycles. The summed E-state index contributed by atoms with van der Waals surface area (Å²) < 4.78 is 28.5. The van der Waals surface area contributed by atoms with E-state index < -0.39 is 7.82 Å². The number of halogens is 1. The maximum atomic E-state index is 12.5. The first-order valence-electron chi connectivity index (χ1n) is 6.32. The molecule has 0 aliphatic carbocycles. The number of hydrogen-bond acceptors (Lipinski definition) is 5. The third kappa shape index (κ3) is 3.05. The van der Waals surface area contributed by atoms with Crippen LogP contribution in [0.15, 0.2) is 30.3 Å². The second-order valence-electron chi connectivity index (χ2n) is 4.71. The molecule has 3 rings (SSSR count). The van der Waals surface area contributed by atoms with Crippen molar-refractivity contribution in [1.29, 1.82) is 0 Å². The van der Waals surface area contributed by atoms with E-state index in [-0.39, 0.29) is 6.61 Å². The smallest absolute Gasteiger partial charge is 0.395 e. The molecule has 0 spiro atoms. The number of aromatic nitrogens is 1. The zero-order chi connectivity index (χ0) is 15.0. The Hall–Kier alpha value is -1.55. The van der Waals surface area contributed by atoms with Gasteiger partial charge in [-0.25, -0.2) is 4.57 Å². The number of phosphoric ester groups is 1. The number of rotatable bonds is 2. The minimum Gasteiger partial charge on any atom is -0.395 e. The van der Waals surface area contributed by atoms with Gasteiger partial charge in [0.25, 0.3) is 0 Å². The highest BCUT2D eigenvalue weighted by Gasteiger charge is 2.36. The van der Waals surface area contributed by atoms with Gasteiger partial charge >= 0.3 is 7.82 Å². The molecule has 0 saturated carbocycles. The quantitative estimate of drug-likeness (QED) is 0.764. The Bertz CT molecular complexity index is 750. The number of fused-ring (bicyclic) bond motifs is 1. The van der Waals surface area contributed by atoms with Gasteiger partial charge in [-0.3, -0.25) is 9.51 Å². The van der Waals surface area contributed by atoms with Crippen LogP contribution in [0.2, 0.25) is 5.02 Å². The predicted molar refractivity (Wildman–Crippen MR) is 78.8 cm³/mol. The summed E-state index contributed by atoms with van der Waals surface area (Å²) in [5, 5.41) is 0.608. The normalized spacial score (nSPS) is 20.5. The van der Waals surface area contributed by atoms with E-state index in [2.05, 4.69) is 4.98 Å². The van der Waals surface area contributed by atoms with Crippen LogP contribution >= 0.6 is 19.4 Å². The van der Waals surface area contributed by atoms with Crippen LogP contribution < -0.4 is 9.05 Å². The summed E-state index contributed by atoms with van der Waals surface area (Å²) in [5.74, 6) is 0.796. The number of phosphoric acid groups is 1. The zero-order valence-corrected chi connectivity index (χ0v) is 13.1. The van der Waals surface area contributed by atoms with Gasteiger partial charge in [0.2, 0.25) is 0 Å². The summed E-state index contributed by atoms with van der Waals surface area (Å²) >= 11 is 5.94. The molecule has 110 valence electrons. The molecule has 5 nitrogen and oxygen atoms in total. The third-order valence-electron chi connectivity index (χ3n) is 2.99. The molecule has 1 atom stereocenters. The van der Waals surface area contributed by atoms with Gasteiger partial charge < -0.3 is 9.05 Å². The lowest BCUT2D eigenvalue weighted by atomic mass is 10.2. The van der Waals surface area contributed by atoms with Crippen molar-refractivity contribution in [3.63, 3.8) is 0 Å². The van der Waals surface area contributed by atoms with E-state index in [1.807, 2.05) is 13.8 Å². The number of nitrogens with zero attached hydrogens (tertiary/aromatic N) is 1. The summed E-state index contributed by atoms with van der Waals surface area (Å²) in [6, 6.07) is 8.45. The van der Waals surface area contributed by atoms with E-state index in [4.69, 9.17) is 25.2 Å². The molecule has 21 heavy (non-hydrogen) atoms. The van der Waals surface area contributed by atoms with Crippen molar-refractivity contribution < 1.29 is 18.1 Å². The van der Waals surface area contributed by atoms with Gasteiger partial charge in [0.05, 0.1) is 0 Å². The molecule has 1 aromatic carbocycles. The van der Waals surface area contributed by atoms with E-state index in [0.29, 0.717) is 22.2 Å². The Kier molecular flexibility index (Phi) is 3.66. The fourth-order valence-corrected chi connectivity index (χ4v) is 3.24. The first-order valence-corrected chi connectivity index (χ1v) is 8.15. The molecular weight excluding hydrogens is 313 g/mol. The molecule has 0 bridgehead atoms. The van der Waals surface area contributed by atoms with Gasteiger partial charge in [-0.05, 0) is 49.7 Å². The van der Waals surface area contributed by atoms with Crippen molar-refractivity contribution in [2.24, 2.45) is 0 Å². The van der Waals surface area contributed by atoms with Crippen LogP contribution in [0.5, 0.6) is 11.5 Å². The van der Waals surface area contributed by atoms with Gasteiger partial charge in [-0.15, -0.1) is 0 Å².